The lowest BCUT2D eigenvalue weighted by atomic mass is 10.1. The van der Waals surface area contributed by atoms with Gasteiger partial charge in [-0.3, -0.25) is 9.59 Å². The minimum atomic E-state index is -5.25. The summed E-state index contributed by atoms with van der Waals surface area (Å²) in [7, 11) is 0. The van der Waals surface area contributed by atoms with Crippen LogP contribution in [-0.2, 0) is 4.79 Å². The summed E-state index contributed by atoms with van der Waals surface area (Å²) in [5, 5.41) is 3.59. The lowest BCUT2D eigenvalue weighted by Crippen LogP contribution is -2.63. The van der Waals surface area contributed by atoms with Crippen LogP contribution in [0.2, 0.25) is 0 Å². The predicted molar refractivity (Wildman–Crippen MR) is 88.5 cm³/mol. The number of aryl methyl sites for hydroxylation is 1. The fourth-order valence-electron chi connectivity index (χ4n) is 2.52. The highest BCUT2D eigenvalue weighted by atomic mass is 19.4. The van der Waals surface area contributed by atoms with E-state index in [0.717, 1.165) is 17.7 Å². The van der Waals surface area contributed by atoms with Gasteiger partial charge in [0, 0.05) is 5.56 Å². The maximum atomic E-state index is 13.7. The second-order valence-electron chi connectivity index (χ2n) is 5.92. The number of alkyl halides is 3. The van der Waals surface area contributed by atoms with Crippen LogP contribution in [0.5, 0.6) is 0 Å². The van der Waals surface area contributed by atoms with Crippen molar-refractivity contribution < 1.29 is 27.2 Å². The standard InChI is InChI=1S/C18H13F4N3O2/c1-10-6-8-11(9-7-10)14-23-16(27)17(24-14,18(20,21)22)25-15(26)12-4-2-3-5-13(12)19/h2-9H,1H3,(H,25,26)(H,23,24,27)/t17-/m1/s1. The molecule has 0 aromatic heterocycles. The molecule has 5 nitrogen and oxygen atoms in total. The normalized spacial score (nSPS) is 19.4. The number of amidine groups is 1. The molecular weight excluding hydrogens is 366 g/mol. The first kappa shape index (κ1) is 18.6. The zero-order chi connectivity index (χ0) is 19.8. The average molecular weight is 379 g/mol. The van der Waals surface area contributed by atoms with E-state index in [1.165, 1.54) is 24.3 Å². The van der Waals surface area contributed by atoms with Gasteiger partial charge in [0.1, 0.15) is 11.7 Å². The van der Waals surface area contributed by atoms with Crippen LogP contribution in [-0.4, -0.2) is 29.5 Å². The van der Waals surface area contributed by atoms with Crippen molar-refractivity contribution in [1.82, 2.24) is 10.6 Å². The summed E-state index contributed by atoms with van der Waals surface area (Å²) in [6.07, 6.45) is -5.25. The number of carbonyl (C=O) groups excluding carboxylic acids is 2. The predicted octanol–water partition coefficient (Wildman–Crippen LogP) is 2.70. The van der Waals surface area contributed by atoms with Crippen LogP contribution >= 0.6 is 0 Å². The molecule has 0 radical (unpaired) electrons. The third-order valence-corrected chi connectivity index (χ3v) is 3.99. The summed E-state index contributed by atoms with van der Waals surface area (Å²) in [6, 6.07) is 10.7. The van der Waals surface area contributed by atoms with Crippen LogP contribution in [0.4, 0.5) is 17.6 Å². The van der Waals surface area contributed by atoms with Gasteiger partial charge in [0.05, 0.1) is 5.56 Å². The van der Waals surface area contributed by atoms with Crippen molar-refractivity contribution in [3.05, 3.63) is 71.0 Å². The molecule has 0 fully saturated rings. The first-order valence-electron chi connectivity index (χ1n) is 7.76. The van der Waals surface area contributed by atoms with Crippen LogP contribution in [0.3, 0.4) is 0 Å². The van der Waals surface area contributed by atoms with Crippen molar-refractivity contribution in [3.8, 4) is 0 Å². The van der Waals surface area contributed by atoms with Crippen LogP contribution in [0, 0.1) is 12.7 Å². The van der Waals surface area contributed by atoms with Crippen LogP contribution in [0.1, 0.15) is 21.5 Å². The average Bonchev–Trinajstić information content (AvgIpc) is 2.93. The highest BCUT2D eigenvalue weighted by Gasteiger charge is 2.65. The Morgan fingerprint density at radius 2 is 1.74 bits per heavy atom. The second kappa shape index (κ2) is 6.49. The van der Waals surface area contributed by atoms with E-state index < -0.39 is 35.0 Å². The van der Waals surface area contributed by atoms with Gasteiger partial charge in [-0.05, 0) is 19.1 Å². The summed E-state index contributed by atoms with van der Waals surface area (Å²) in [6.45, 7) is 1.79. The Morgan fingerprint density at radius 3 is 2.33 bits per heavy atom. The van der Waals surface area contributed by atoms with E-state index in [-0.39, 0.29) is 11.4 Å². The van der Waals surface area contributed by atoms with E-state index in [0.29, 0.717) is 0 Å². The molecule has 2 aromatic carbocycles. The van der Waals surface area contributed by atoms with Gasteiger partial charge in [-0.25, -0.2) is 9.38 Å². The number of nitrogens with one attached hydrogen (secondary N) is 2. The first-order chi connectivity index (χ1) is 12.6. The Hall–Kier alpha value is -3.23. The second-order valence-corrected chi connectivity index (χ2v) is 5.92. The molecule has 140 valence electrons. The first-order valence-corrected chi connectivity index (χ1v) is 7.76. The number of carbonyl (C=O) groups is 2. The lowest BCUT2D eigenvalue weighted by molar-refractivity contribution is -0.192. The Labute approximate surface area is 151 Å². The molecule has 0 saturated heterocycles. The monoisotopic (exact) mass is 379 g/mol. The smallest absolute Gasteiger partial charge is 0.312 e. The SMILES string of the molecule is Cc1ccc(C2=N[C@](NC(=O)c3ccccc3F)(C(F)(F)F)C(=O)N2)cc1. The largest absolute Gasteiger partial charge is 0.442 e. The molecule has 3 rings (SSSR count). The summed E-state index contributed by atoms with van der Waals surface area (Å²) < 4.78 is 54.9. The molecule has 1 atom stereocenters. The van der Waals surface area contributed by atoms with Crippen molar-refractivity contribution in [1.29, 1.82) is 0 Å². The van der Waals surface area contributed by atoms with Crippen LogP contribution in [0.15, 0.2) is 53.5 Å². The van der Waals surface area contributed by atoms with Gasteiger partial charge in [-0.2, -0.15) is 13.2 Å². The van der Waals surface area contributed by atoms with Gasteiger partial charge in [-0.1, -0.05) is 42.0 Å². The molecule has 27 heavy (non-hydrogen) atoms. The topological polar surface area (TPSA) is 70.6 Å². The third kappa shape index (κ3) is 3.27. The molecule has 2 amide bonds. The fraction of sp³-hybridized carbons (Fsp3) is 0.167. The highest BCUT2D eigenvalue weighted by molar-refractivity contribution is 6.16. The molecule has 0 saturated carbocycles. The van der Waals surface area contributed by atoms with E-state index in [9.17, 15) is 27.2 Å². The molecular formula is C18H13F4N3O2. The van der Waals surface area contributed by atoms with Gasteiger partial charge in [-0.15, -0.1) is 0 Å². The van der Waals surface area contributed by atoms with Crippen molar-refractivity contribution in [2.75, 3.05) is 0 Å². The van der Waals surface area contributed by atoms with E-state index in [1.54, 1.807) is 24.4 Å². The third-order valence-electron chi connectivity index (χ3n) is 3.99. The van der Waals surface area contributed by atoms with Gasteiger partial charge in [0.15, 0.2) is 0 Å². The number of hydrogen-bond acceptors (Lipinski definition) is 3. The lowest BCUT2D eigenvalue weighted by Gasteiger charge is -2.27. The Kier molecular flexibility index (Phi) is 4.46. The summed E-state index contributed by atoms with van der Waals surface area (Å²) >= 11 is 0. The zero-order valence-electron chi connectivity index (χ0n) is 13.9. The molecule has 2 aromatic rings. The van der Waals surface area contributed by atoms with Crippen molar-refractivity contribution >= 4 is 17.6 Å². The Bertz CT molecular complexity index is 938. The maximum Gasteiger partial charge on any atom is 0.442 e. The number of rotatable bonds is 3. The van der Waals surface area contributed by atoms with E-state index in [4.69, 9.17) is 0 Å². The van der Waals surface area contributed by atoms with Crippen LogP contribution < -0.4 is 10.6 Å². The number of amides is 2. The van der Waals surface area contributed by atoms with Gasteiger partial charge < -0.3 is 10.6 Å². The van der Waals surface area contributed by atoms with Crippen LogP contribution in [0.25, 0.3) is 0 Å². The molecule has 1 heterocycles. The molecule has 1 aliphatic rings. The van der Waals surface area contributed by atoms with Crippen molar-refractivity contribution in [3.63, 3.8) is 0 Å². The molecule has 9 heteroatoms. The summed E-state index contributed by atoms with van der Waals surface area (Å²) in [4.78, 5) is 27.8. The highest BCUT2D eigenvalue weighted by Crippen LogP contribution is 2.35. The minimum absolute atomic E-state index is 0.236. The molecule has 1 aliphatic heterocycles. The Balaban J connectivity index is 2.03. The number of nitrogens with zero attached hydrogens (tertiary/aromatic N) is 1. The van der Waals surface area contributed by atoms with E-state index in [1.807, 2.05) is 5.32 Å². The minimum Gasteiger partial charge on any atom is -0.312 e. The van der Waals surface area contributed by atoms with Crippen molar-refractivity contribution in [2.45, 2.75) is 18.8 Å². The van der Waals surface area contributed by atoms with E-state index in [2.05, 4.69) is 4.99 Å². The summed E-state index contributed by atoms with van der Waals surface area (Å²) in [5.74, 6) is -4.34. The fourth-order valence-corrected chi connectivity index (χ4v) is 2.52. The zero-order valence-corrected chi connectivity index (χ0v) is 13.9. The van der Waals surface area contributed by atoms with Gasteiger partial charge in [0.2, 0.25) is 0 Å². The number of aliphatic imine (C=N–C) groups is 1. The van der Waals surface area contributed by atoms with Crippen molar-refractivity contribution in [2.24, 2.45) is 4.99 Å². The van der Waals surface area contributed by atoms with Gasteiger partial charge in [0.25, 0.3) is 11.8 Å². The number of hydrogen-bond donors (Lipinski definition) is 2. The molecule has 0 spiro atoms. The maximum absolute atomic E-state index is 13.7. The molecule has 2 N–H and O–H groups in total. The van der Waals surface area contributed by atoms with Gasteiger partial charge >= 0.3 is 11.8 Å². The summed E-state index contributed by atoms with van der Waals surface area (Å²) in [5.41, 5.74) is -3.08. The molecule has 0 unspecified atom stereocenters. The molecule has 0 bridgehead atoms. The molecule has 0 aliphatic carbocycles. The quantitative estimate of drug-likeness (QED) is 0.805. The number of halogens is 4. The Morgan fingerprint density at radius 1 is 1.11 bits per heavy atom. The van der Waals surface area contributed by atoms with E-state index >= 15 is 0 Å². The number of benzene rings is 2.